The van der Waals surface area contributed by atoms with Gasteiger partial charge in [-0.25, -0.2) is 0 Å². The molecule has 0 saturated carbocycles. The number of esters is 1. The number of hydrogen-bond acceptors (Lipinski definition) is 4. The summed E-state index contributed by atoms with van der Waals surface area (Å²) in [5.74, 6) is -0.385. The minimum atomic E-state index is -0.542. The van der Waals surface area contributed by atoms with Crippen LogP contribution in [0.2, 0.25) is 0 Å². The number of nitrogens with two attached hydrogens (primary N) is 1. The highest BCUT2D eigenvalue weighted by atomic mass is 16.5. The Bertz CT molecular complexity index is 95.0. The standard InChI is InChI=1S/C5H12N2O2/c1-7-3-4(6)5(8)9-2/h4,7H,3,6H2,1-2H3/t4-/m0/s1. The summed E-state index contributed by atoms with van der Waals surface area (Å²) in [6, 6.07) is -0.542. The van der Waals surface area contributed by atoms with E-state index in [1.807, 2.05) is 0 Å². The second-order valence-electron chi connectivity index (χ2n) is 1.69. The first kappa shape index (κ1) is 8.39. The summed E-state index contributed by atoms with van der Waals surface area (Å²) in [5, 5.41) is 2.76. The van der Waals surface area contributed by atoms with Crippen molar-refractivity contribution >= 4 is 5.97 Å². The molecule has 0 amide bonds. The molecule has 0 radical (unpaired) electrons. The first-order chi connectivity index (χ1) is 4.22. The summed E-state index contributed by atoms with van der Waals surface area (Å²) in [4.78, 5) is 10.5. The second kappa shape index (κ2) is 4.29. The van der Waals surface area contributed by atoms with Crippen LogP contribution in [-0.2, 0) is 9.53 Å². The lowest BCUT2D eigenvalue weighted by Crippen LogP contribution is -2.39. The molecule has 0 aliphatic carbocycles. The summed E-state index contributed by atoms with van der Waals surface area (Å²) in [6.07, 6.45) is 0. The number of nitrogens with one attached hydrogen (secondary N) is 1. The molecule has 0 aromatic rings. The van der Waals surface area contributed by atoms with Crippen molar-refractivity contribution in [3.8, 4) is 0 Å². The molecule has 0 heterocycles. The number of rotatable bonds is 3. The normalized spacial score (nSPS) is 12.8. The first-order valence-corrected chi connectivity index (χ1v) is 2.70. The van der Waals surface area contributed by atoms with Gasteiger partial charge >= 0.3 is 5.97 Å². The molecule has 0 saturated heterocycles. The van der Waals surface area contributed by atoms with Crippen molar-refractivity contribution in [3.05, 3.63) is 0 Å². The van der Waals surface area contributed by atoms with Gasteiger partial charge in [0.25, 0.3) is 0 Å². The van der Waals surface area contributed by atoms with E-state index in [1.165, 1.54) is 7.11 Å². The average molecular weight is 132 g/mol. The van der Waals surface area contributed by atoms with Gasteiger partial charge in [-0.1, -0.05) is 0 Å². The molecule has 0 aromatic heterocycles. The highest BCUT2D eigenvalue weighted by Crippen LogP contribution is 1.78. The van der Waals surface area contributed by atoms with Crippen molar-refractivity contribution in [2.75, 3.05) is 20.7 Å². The third kappa shape index (κ3) is 3.05. The van der Waals surface area contributed by atoms with Crippen LogP contribution < -0.4 is 11.1 Å². The van der Waals surface area contributed by atoms with E-state index in [9.17, 15) is 4.79 Å². The van der Waals surface area contributed by atoms with E-state index >= 15 is 0 Å². The molecule has 0 unspecified atom stereocenters. The summed E-state index contributed by atoms with van der Waals surface area (Å²) in [5.41, 5.74) is 5.30. The molecule has 0 rings (SSSR count). The van der Waals surface area contributed by atoms with Crippen LogP contribution in [0.25, 0.3) is 0 Å². The summed E-state index contributed by atoms with van der Waals surface area (Å²) in [7, 11) is 3.04. The van der Waals surface area contributed by atoms with Gasteiger partial charge in [0, 0.05) is 6.54 Å². The molecule has 9 heavy (non-hydrogen) atoms. The van der Waals surface area contributed by atoms with Gasteiger partial charge in [0.1, 0.15) is 6.04 Å². The van der Waals surface area contributed by atoms with Crippen molar-refractivity contribution in [2.24, 2.45) is 5.73 Å². The largest absolute Gasteiger partial charge is 0.468 e. The van der Waals surface area contributed by atoms with Crippen LogP contribution in [0, 0.1) is 0 Å². The average Bonchev–Trinajstić information content (AvgIpc) is 1.87. The van der Waals surface area contributed by atoms with Gasteiger partial charge in [-0.15, -0.1) is 0 Å². The van der Waals surface area contributed by atoms with E-state index in [-0.39, 0.29) is 5.97 Å². The van der Waals surface area contributed by atoms with E-state index in [1.54, 1.807) is 7.05 Å². The third-order valence-corrected chi connectivity index (χ3v) is 0.928. The Morgan fingerprint density at radius 2 is 2.44 bits per heavy atom. The molecular weight excluding hydrogens is 120 g/mol. The van der Waals surface area contributed by atoms with Crippen molar-refractivity contribution in [1.29, 1.82) is 0 Å². The number of carbonyl (C=O) groups excluding carboxylic acids is 1. The van der Waals surface area contributed by atoms with Crippen molar-refractivity contribution < 1.29 is 9.53 Å². The molecule has 0 bridgehead atoms. The fraction of sp³-hybridized carbons (Fsp3) is 0.800. The molecule has 1 atom stereocenters. The molecule has 0 fully saturated rings. The van der Waals surface area contributed by atoms with Crippen LogP contribution in [-0.4, -0.2) is 32.7 Å². The van der Waals surface area contributed by atoms with Gasteiger partial charge in [0.05, 0.1) is 7.11 Å². The minimum absolute atomic E-state index is 0.385. The molecule has 3 N–H and O–H groups in total. The fourth-order valence-corrected chi connectivity index (χ4v) is 0.455. The van der Waals surface area contributed by atoms with Gasteiger partial charge < -0.3 is 15.8 Å². The maximum Gasteiger partial charge on any atom is 0.323 e. The number of likely N-dealkylation sites (N-methyl/N-ethyl adjacent to an activating group) is 1. The van der Waals surface area contributed by atoms with Crippen molar-refractivity contribution in [1.82, 2.24) is 5.32 Å². The molecule has 4 heteroatoms. The summed E-state index contributed by atoms with van der Waals surface area (Å²) in [6.45, 7) is 0.451. The van der Waals surface area contributed by atoms with Crippen LogP contribution in [0.4, 0.5) is 0 Å². The van der Waals surface area contributed by atoms with Gasteiger partial charge in [0.15, 0.2) is 0 Å². The topological polar surface area (TPSA) is 64.3 Å². The van der Waals surface area contributed by atoms with Crippen LogP contribution in [0.5, 0.6) is 0 Å². The number of methoxy groups -OCH3 is 1. The van der Waals surface area contributed by atoms with Gasteiger partial charge in [-0.05, 0) is 7.05 Å². The van der Waals surface area contributed by atoms with E-state index in [0.717, 1.165) is 0 Å². The van der Waals surface area contributed by atoms with Crippen LogP contribution in [0.3, 0.4) is 0 Å². The number of carbonyl (C=O) groups is 1. The highest BCUT2D eigenvalue weighted by molar-refractivity contribution is 5.75. The zero-order chi connectivity index (χ0) is 7.28. The fourth-order valence-electron chi connectivity index (χ4n) is 0.455. The Hall–Kier alpha value is -0.610. The summed E-state index contributed by atoms with van der Waals surface area (Å²) < 4.78 is 4.36. The minimum Gasteiger partial charge on any atom is -0.468 e. The monoisotopic (exact) mass is 132 g/mol. The maximum atomic E-state index is 10.5. The Morgan fingerprint density at radius 1 is 1.89 bits per heavy atom. The zero-order valence-electron chi connectivity index (χ0n) is 5.68. The lowest BCUT2D eigenvalue weighted by atomic mass is 10.3. The Balaban J connectivity index is 3.45. The van der Waals surface area contributed by atoms with E-state index < -0.39 is 6.04 Å². The Morgan fingerprint density at radius 3 is 2.78 bits per heavy atom. The quantitative estimate of drug-likeness (QED) is 0.469. The molecule has 54 valence electrons. The van der Waals surface area contributed by atoms with Gasteiger partial charge in [0.2, 0.25) is 0 Å². The van der Waals surface area contributed by atoms with Crippen molar-refractivity contribution in [3.63, 3.8) is 0 Å². The van der Waals surface area contributed by atoms with E-state index in [0.29, 0.717) is 6.54 Å². The van der Waals surface area contributed by atoms with Gasteiger partial charge in [-0.3, -0.25) is 4.79 Å². The zero-order valence-corrected chi connectivity index (χ0v) is 5.68. The highest BCUT2D eigenvalue weighted by Gasteiger charge is 2.10. The first-order valence-electron chi connectivity index (χ1n) is 2.70. The number of ether oxygens (including phenoxy) is 1. The van der Waals surface area contributed by atoms with E-state index in [4.69, 9.17) is 5.73 Å². The molecule has 4 nitrogen and oxygen atoms in total. The van der Waals surface area contributed by atoms with Crippen LogP contribution >= 0.6 is 0 Å². The van der Waals surface area contributed by atoms with Crippen molar-refractivity contribution in [2.45, 2.75) is 6.04 Å². The Labute approximate surface area is 54.4 Å². The third-order valence-electron chi connectivity index (χ3n) is 0.928. The van der Waals surface area contributed by atoms with Crippen LogP contribution in [0.15, 0.2) is 0 Å². The Kier molecular flexibility index (Phi) is 4.00. The molecule has 0 spiro atoms. The molecule has 0 aromatic carbocycles. The van der Waals surface area contributed by atoms with Gasteiger partial charge in [-0.2, -0.15) is 0 Å². The number of hydrogen-bond donors (Lipinski definition) is 2. The predicted octanol–water partition coefficient (Wildman–Crippen LogP) is -1.29. The maximum absolute atomic E-state index is 10.5. The molecular formula is C5H12N2O2. The lowest BCUT2D eigenvalue weighted by molar-refractivity contribution is -0.142. The summed E-state index contributed by atoms with van der Waals surface area (Å²) >= 11 is 0. The van der Waals surface area contributed by atoms with Crippen LogP contribution in [0.1, 0.15) is 0 Å². The molecule has 0 aliphatic heterocycles. The lowest BCUT2D eigenvalue weighted by Gasteiger charge is -2.06. The smallest absolute Gasteiger partial charge is 0.323 e. The van der Waals surface area contributed by atoms with E-state index in [2.05, 4.69) is 10.1 Å². The predicted molar refractivity (Wildman–Crippen MR) is 33.9 cm³/mol. The SMILES string of the molecule is CNC[C@H](N)C(=O)OC. The second-order valence-corrected chi connectivity index (χ2v) is 1.69. The molecule has 0 aliphatic rings.